The number of phenols is 1. The molecular weight excluding hydrogens is 198 g/mol. The number of phenolic OH excluding ortho intramolecular Hbond substituents is 1. The maximum absolute atomic E-state index is 11.1. The highest BCUT2D eigenvalue weighted by atomic mass is 16.6. The summed E-state index contributed by atoms with van der Waals surface area (Å²) in [6, 6.07) is 4.65. The summed E-state index contributed by atoms with van der Waals surface area (Å²) in [5.41, 5.74) is 5.72. The minimum absolute atomic E-state index is 0.0566. The number of carbonyl (C=O) groups is 1. The number of hydrogen-bond acceptors (Lipinski definition) is 5. The molecule has 1 aliphatic heterocycles. The fourth-order valence-electron chi connectivity index (χ4n) is 1.37. The lowest BCUT2D eigenvalue weighted by Crippen LogP contribution is -2.22. The number of hydrogen-bond donors (Lipinski definition) is 2. The molecule has 1 unspecified atom stereocenters. The van der Waals surface area contributed by atoms with Crippen LogP contribution in [0.4, 0.5) is 5.69 Å². The van der Waals surface area contributed by atoms with E-state index < -0.39 is 12.1 Å². The van der Waals surface area contributed by atoms with E-state index in [9.17, 15) is 9.90 Å². The van der Waals surface area contributed by atoms with Crippen LogP contribution in [0.5, 0.6) is 11.5 Å². The van der Waals surface area contributed by atoms with Gasteiger partial charge in [-0.1, -0.05) is 6.07 Å². The molecule has 15 heavy (non-hydrogen) atoms. The van der Waals surface area contributed by atoms with Crippen molar-refractivity contribution >= 4 is 11.7 Å². The first-order chi connectivity index (χ1) is 7.18. The van der Waals surface area contributed by atoms with Gasteiger partial charge in [-0.3, -0.25) is 0 Å². The number of esters is 1. The molecule has 80 valence electrons. The summed E-state index contributed by atoms with van der Waals surface area (Å²) in [6.07, 6.45) is -0.109. The average molecular weight is 209 g/mol. The summed E-state index contributed by atoms with van der Waals surface area (Å²) >= 11 is 0. The van der Waals surface area contributed by atoms with Crippen LogP contribution in [-0.2, 0) is 9.53 Å². The topological polar surface area (TPSA) is 81.8 Å². The lowest BCUT2D eigenvalue weighted by Gasteiger charge is -2.12. The molecule has 0 amide bonds. The van der Waals surface area contributed by atoms with Gasteiger partial charge in [0.2, 0.25) is 0 Å². The molecule has 1 aromatic carbocycles. The second-order valence-electron chi connectivity index (χ2n) is 3.25. The Morgan fingerprint density at radius 1 is 1.53 bits per heavy atom. The number of anilines is 1. The van der Waals surface area contributed by atoms with Gasteiger partial charge < -0.3 is 20.3 Å². The van der Waals surface area contributed by atoms with Crippen LogP contribution in [0.3, 0.4) is 0 Å². The van der Waals surface area contributed by atoms with Gasteiger partial charge in [-0.05, 0) is 12.1 Å². The summed E-state index contributed by atoms with van der Waals surface area (Å²) in [6.45, 7) is 0.363. The maximum atomic E-state index is 11.1. The molecule has 1 aliphatic rings. The Kier molecular flexibility index (Phi) is 2.37. The number of para-hydroxylation sites is 1. The number of benzene rings is 1. The van der Waals surface area contributed by atoms with Gasteiger partial charge in [-0.2, -0.15) is 0 Å². The Labute approximate surface area is 86.4 Å². The Morgan fingerprint density at radius 3 is 3.00 bits per heavy atom. The van der Waals surface area contributed by atoms with Crippen LogP contribution in [-0.4, -0.2) is 23.8 Å². The summed E-state index contributed by atoms with van der Waals surface area (Å²) in [7, 11) is 0. The van der Waals surface area contributed by atoms with Gasteiger partial charge in [-0.25, -0.2) is 4.79 Å². The van der Waals surface area contributed by atoms with E-state index in [1.54, 1.807) is 12.1 Å². The molecule has 1 atom stereocenters. The predicted octanol–water partition coefficient (Wildman–Crippen LogP) is 0.669. The Hall–Kier alpha value is -1.91. The zero-order valence-corrected chi connectivity index (χ0v) is 7.97. The maximum Gasteiger partial charge on any atom is 0.347 e. The Morgan fingerprint density at radius 2 is 2.33 bits per heavy atom. The number of rotatable bonds is 2. The van der Waals surface area contributed by atoms with E-state index in [-0.39, 0.29) is 11.4 Å². The van der Waals surface area contributed by atoms with E-state index in [1.807, 2.05) is 0 Å². The van der Waals surface area contributed by atoms with Crippen molar-refractivity contribution in [1.29, 1.82) is 0 Å². The second-order valence-corrected chi connectivity index (χ2v) is 3.25. The largest absolute Gasteiger partial charge is 0.506 e. The van der Waals surface area contributed by atoms with Crippen molar-refractivity contribution in [3.05, 3.63) is 18.2 Å². The monoisotopic (exact) mass is 209 g/mol. The summed E-state index contributed by atoms with van der Waals surface area (Å²) in [5, 5.41) is 9.32. The van der Waals surface area contributed by atoms with Crippen LogP contribution in [0.15, 0.2) is 18.2 Å². The zero-order valence-electron chi connectivity index (χ0n) is 7.97. The first-order valence-electron chi connectivity index (χ1n) is 4.59. The highest BCUT2D eigenvalue weighted by Gasteiger charge is 2.29. The molecule has 0 radical (unpaired) electrons. The van der Waals surface area contributed by atoms with Gasteiger partial charge in [0.25, 0.3) is 0 Å². The molecule has 1 fully saturated rings. The molecular formula is C10H11NO4. The van der Waals surface area contributed by atoms with Crippen LogP contribution in [0.1, 0.15) is 6.42 Å². The molecule has 5 nitrogen and oxygen atoms in total. The molecule has 0 aromatic heterocycles. The van der Waals surface area contributed by atoms with Crippen LogP contribution in [0.25, 0.3) is 0 Å². The molecule has 5 heteroatoms. The molecule has 0 spiro atoms. The number of aromatic hydroxyl groups is 1. The number of nitrogen functional groups attached to an aromatic ring is 1. The number of carbonyl (C=O) groups excluding carboxylic acids is 1. The minimum atomic E-state index is -0.617. The van der Waals surface area contributed by atoms with Crippen LogP contribution < -0.4 is 10.5 Å². The van der Waals surface area contributed by atoms with Crippen molar-refractivity contribution in [3.8, 4) is 11.5 Å². The van der Waals surface area contributed by atoms with E-state index in [2.05, 4.69) is 0 Å². The van der Waals surface area contributed by atoms with Crippen molar-refractivity contribution in [1.82, 2.24) is 0 Å². The van der Waals surface area contributed by atoms with Gasteiger partial charge in [0.15, 0.2) is 6.10 Å². The third-order valence-corrected chi connectivity index (χ3v) is 2.20. The van der Waals surface area contributed by atoms with E-state index >= 15 is 0 Å². The van der Waals surface area contributed by atoms with Crippen molar-refractivity contribution in [2.45, 2.75) is 12.5 Å². The first kappa shape index (κ1) is 9.64. The summed E-state index contributed by atoms with van der Waals surface area (Å²) in [4.78, 5) is 11.1. The van der Waals surface area contributed by atoms with Crippen molar-refractivity contribution < 1.29 is 19.4 Å². The third-order valence-electron chi connectivity index (χ3n) is 2.20. The first-order valence-corrected chi connectivity index (χ1v) is 4.59. The third kappa shape index (κ3) is 1.81. The molecule has 0 bridgehead atoms. The fourth-order valence-corrected chi connectivity index (χ4v) is 1.37. The summed E-state index contributed by atoms with van der Waals surface area (Å²) < 4.78 is 10.1. The van der Waals surface area contributed by atoms with Crippen molar-refractivity contribution in [2.75, 3.05) is 12.3 Å². The number of ether oxygens (including phenoxy) is 2. The van der Waals surface area contributed by atoms with E-state index in [0.29, 0.717) is 18.8 Å². The van der Waals surface area contributed by atoms with E-state index in [0.717, 1.165) is 0 Å². The van der Waals surface area contributed by atoms with E-state index in [4.69, 9.17) is 15.2 Å². The molecule has 1 aromatic rings. The Bertz CT molecular complexity index is 391. The van der Waals surface area contributed by atoms with Crippen molar-refractivity contribution in [3.63, 3.8) is 0 Å². The Balaban J connectivity index is 2.17. The number of cyclic esters (lactones) is 1. The van der Waals surface area contributed by atoms with Crippen LogP contribution >= 0.6 is 0 Å². The zero-order chi connectivity index (χ0) is 10.8. The van der Waals surface area contributed by atoms with Gasteiger partial charge in [0, 0.05) is 6.42 Å². The highest BCUT2D eigenvalue weighted by molar-refractivity contribution is 5.77. The van der Waals surface area contributed by atoms with Gasteiger partial charge in [0.05, 0.1) is 6.61 Å². The lowest BCUT2D eigenvalue weighted by atomic mass is 10.2. The quantitative estimate of drug-likeness (QED) is 0.425. The highest BCUT2D eigenvalue weighted by Crippen LogP contribution is 2.31. The number of nitrogens with two attached hydrogens (primary N) is 1. The SMILES string of the molecule is Nc1c(O)cccc1OC1CCOC1=O. The van der Waals surface area contributed by atoms with E-state index in [1.165, 1.54) is 6.07 Å². The van der Waals surface area contributed by atoms with Crippen LogP contribution in [0.2, 0.25) is 0 Å². The molecule has 1 saturated heterocycles. The standard InChI is InChI=1S/C10H11NO4/c11-9-6(12)2-1-3-7(9)15-8-4-5-14-10(8)13/h1-3,8,12H,4-5,11H2. The predicted molar refractivity (Wildman–Crippen MR) is 52.5 cm³/mol. The van der Waals surface area contributed by atoms with Crippen LogP contribution in [0, 0.1) is 0 Å². The molecule has 0 saturated carbocycles. The normalized spacial score (nSPS) is 20.0. The smallest absolute Gasteiger partial charge is 0.347 e. The van der Waals surface area contributed by atoms with Crippen molar-refractivity contribution in [2.24, 2.45) is 0 Å². The van der Waals surface area contributed by atoms with Gasteiger partial charge in [0.1, 0.15) is 17.2 Å². The average Bonchev–Trinajstić information content (AvgIpc) is 2.60. The van der Waals surface area contributed by atoms with Gasteiger partial charge >= 0.3 is 5.97 Å². The summed E-state index contributed by atoms with van der Waals surface area (Å²) in [5.74, 6) is -0.143. The molecule has 1 heterocycles. The lowest BCUT2D eigenvalue weighted by molar-refractivity contribution is -0.143. The molecule has 0 aliphatic carbocycles. The van der Waals surface area contributed by atoms with Gasteiger partial charge in [-0.15, -0.1) is 0 Å². The second kappa shape index (κ2) is 3.68. The molecule has 3 N–H and O–H groups in total. The fraction of sp³-hybridized carbons (Fsp3) is 0.300. The minimum Gasteiger partial charge on any atom is -0.506 e. The molecule has 2 rings (SSSR count).